The zero-order chi connectivity index (χ0) is 18.4. The molecule has 140 valence electrons. The van der Waals surface area contributed by atoms with Gasteiger partial charge in [0.15, 0.2) is 0 Å². The number of rotatable bonds is 7. The molecule has 0 aromatic carbocycles. The summed E-state index contributed by atoms with van der Waals surface area (Å²) in [6.07, 6.45) is 7.96. The van der Waals surface area contributed by atoms with Gasteiger partial charge in [0.25, 0.3) is 5.91 Å². The maximum absolute atomic E-state index is 12.3. The number of amides is 1. The van der Waals surface area contributed by atoms with Crippen molar-refractivity contribution in [3.63, 3.8) is 0 Å². The molecule has 0 spiro atoms. The molecular weight excluding hydrogens is 330 g/mol. The van der Waals surface area contributed by atoms with Gasteiger partial charge < -0.3 is 19.6 Å². The summed E-state index contributed by atoms with van der Waals surface area (Å²) < 4.78 is 4.84. The first-order chi connectivity index (χ1) is 12.6. The van der Waals surface area contributed by atoms with Gasteiger partial charge in [-0.15, -0.1) is 0 Å². The van der Waals surface area contributed by atoms with E-state index in [2.05, 4.69) is 27.4 Å². The third kappa shape index (κ3) is 4.82. The Balaban J connectivity index is 1.47. The van der Waals surface area contributed by atoms with E-state index in [1.54, 1.807) is 12.5 Å². The first kappa shape index (κ1) is 18.4. The second-order valence-electron chi connectivity index (χ2n) is 6.93. The number of piperidine rings is 1. The quantitative estimate of drug-likeness (QED) is 0.820. The summed E-state index contributed by atoms with van der Waals surface area (Å²) in [4.78, 5) is 21.0. The number of aromatic nitrogens is 2. The van der Waals surface area contributed by atoms with Crippen molar-refractivity contribution in [1.82, 2.24) is 20.4 Å². The van der Waals surface area contributed by atoms with Crippen molar-refractivity contribution in [3.8, 4) is 0 Å². The van der Waals surface area contributed by atoms with Crippen molar-refractivity contribution in [2.75, 3.05) is 32.1 Å². The van der Waals surface area contributed by atoms with Crippen LogP contribution in [0.4, 0.5) is 5.82 Å². The summed E-state index contributed by atoms with van der Waals surface area (Å²) in [5, 5.41) is 6.90. The van der Waals surface area contributed by atoms with Gasteiger partial charge in [0.2, 0.25) is 0 Å². The van der Waals surface area contributed by atoms with Gasteiger partial charge in [-0.3, -0.25) is 4.79 Å². The molecule has 3 rings (SSSR count). The predicted octanol–water partition coefficient (Wildman–Crippen LogP) is 2.31. The topological polar surface area (TPSA) is 74.5 Å². The minimum Gasteiger partial charge on any atom is -0.364 e. The molecule has 1 atom stereocenters. The Labute approximate surface area is 154 Å². The number of hydrogen-bond acceptors (Lipinski definition) is 6. The lowest BCUT2D eigenvalue weighted by molar-refractivity contribution is 0.0945. The molecule has 26 heavy (non-hydrogen) atoms. The third-order valence-corrected chi connectivity index (χ3v) is 4.98. The molecule has 1 aliphatic rings. The number of pyridine rings is 1. The maximum Gasteiger partial charge on any atom is 0.252 e. The average molecular weight is 357 g/mol. The van der Waals surface area contributed by atoms with E-state index in [1.807, 2.05) is 30.1 Å². The lowest BCUT2D eigenvalue weighted by atomic mass is 10.0. The Morgan fingerprint density at radius 2 is 2.27 bits per heavy atom. The molecule has 7 heteroatoms. The molecule has 0 bridgehead atoms. The van der Waals surface area contributed by atoms with Crippen LogP contribution in [0, 0.1) is 0 Å². The number of carbonyl (C=O) groups is 1. The van der Waals surface area contributed by atoms with Crippen LogP contribution in [0.5, 0.6) is 0 Å². The number of anilines is 1. The van der Waals surface area contributed by atoms with E-state index in [0.29, 0.717) is 24.7 Å². The highest BCUT2D eigenvalue weighted by atomic mass is 16.5. The number of nitrogens with one attached hydrogen (secondary N) is 1. The van der Waals surface area contributed by atoms with E-state index in [9.17, 15) is 4.79 Å². The van der Waals surface area contributed by atoms with Gasteiger partial charge >= 0.3 is 0 Å². The molecule has 2 aromatic heterocycles. The zero-order valence-corrected chi connectivity index (χ0v) is 15.5. The van der Waals surface area contributed by atoms with E-state index < -0.39 is 0 Å². The predicted molar refractivity (Wildman–Crippen MR) is 100 cm³/mol. The summed E-state index contributed by atoms with van der Waals surface area (Å²) in [7, 11) is 4.10. The van der Waals surface area contributed by atoms with Crippen LogP contribution in [0.3, 0.4) is 0 Å². The minimum absolute atomic E-state index is 0.0679. The molecular formula is C19H27N5O2. The van der Waals surface area contributed by atoms with Gasteiger partial charge in [-0.2, -0.15) is 0 Å². The minimum atomic E-state index is -0.0679. The molecule has 3 heterocycles. The zero-order valence-electron chi connectivity index (χ0n) is 15.5. The maximum atomic E-state index is 12.3. The molecule has 1 fully saturated rings. The van der Waals surface area contributed by atoms with Crippen molar-refractivity contribution in [2.24, 2.45) is 0 Å². The highest BCUT2D eigenvalue weighted by molar-refractivity contribution is 5.94. The second kappa shape index (κ2) is 8.80. The fraction of sp³-hybridized carbons (Fsp3) is 0.526. The van der Waals surface area contributed by atoms with Gasteiger partial charge in [0, 0.05) is 31.9 Å². The van der Waals surface area contributed by atoms with E-state index in [-0.39, 0.29) is 5.91 Å². The van der Waals surface area contributed by atoms with Crippen molar-refractivity contribution >= 4 is 11.7 Å². The van der Waals surface area contributed by atoms with Crippen LogP contribution in [0.25, 0.3) is 0 Å². The van der Waals surface area contributed by atoms with E-state index in [1.165, 1.54) is 19.3 Å². The first-order valence-electron chi connectivity index (χ1n) is 9.18. The molecule has 0 aliphatic carbocycles. The average Bonchev–Trinajstić information content (AvgIpc) is 3.16. The molecule has 1 unspecified atom stereocenters. The molecule has 0 radical (unpaired) electrons. The second-order valence-corrected chi connectivity index (χ2v) is 6.93. The molecule has 2 aromatic rings. The smallest absolute Gasteiger partial charge is 0.252 e. The Morgan fingerprint density at radius 1 is 1.38 bits per heavy atom. The highest BCUT2D eigenvalue weighted by Crippen LogP contribution is 2.17. The van der Waals surface area contributed by atoms with Gasteiger partial charge in [-0.05, 0) is 45.0 Å². The highest BCUT2D eigenvalue weighted by Gasteiger charge is 2.18. The van der Waals surface area contributed by atoms with Crippen LogP contribution in [-0.2, 0) is 6.54 Å². The summed E-state index contributed by atoms with van der Waals surface area (Å²) in [5.41, 5.74) is 1.42. The molecule has 1 N–H and O–H groups in total. The first-order valence-corrected chi connectivity index (χ1v) is 9.18. The molecule has 7 nitrogen and oxygen atoms in total. The number of nitrogens with zero attached hydrogens (tertiary/aromatic N) is 4. The number of carbonyl (C=O) groups excluding carboxylic acids is 1. The van der Waals surface area contributed by atoms with Gasteiger partial charge in [0.1, 0.15) is 17.8 Å². The van der Waals surface area contributed by atoms with E-state index in [4.69, 9.17) is 4.52 Å². The lowest BCUT2D eigenvalue weighted by Crippen LogP contribution is -2.39. The largest absolute Gasteiger partial charge is 0.364 e. The van der Waals surface area contributed by atoms with Crippen molar-refractivity contribution in [1.29, 1.82) is 0 Å². The van der Waals surface area contributed by atoms with Crippen molar-refractivity contribution < 1.29 is 9.32 Å². The normalized spacial score (nSPS) is 17.8. The fourth-order valence-corrected chi connectivity index (χ4v) is 3.35. The summed E-state index contributed by atoms with van der Waals surface area (Å²) in [6, 6.07) is 6.06. The summed E-state index contributed by atoms with van der Waals surface area (Å²) in [5.74, 6) is 0.718. The number of likely N-dealkylation sites (tertiary alicyclic amines) is 1. The van der Waals surface area contributed by atoms with Crippen LogP contribution in [0.2, 0.25) is 0 Å². The SMILES string of the molecule is CN(Cc1ccon1)c1ccc(C(=O)NCCC2CCCCN2C)cn1. The standard InChI is InChI=1S/C19H27N5O2/c1-23-11-4-3-5-17(23)8-10-20-19(25)15-6-7-18(21-13-15)24(2)14-16-9-12-26-22-16/h6-7,9,12-13,17H,3-5,8,10-11,14H2,1-2H3,(H,20,25). The van der Waals surface area contributed by atoms with Crippen LogP contribution < -0.4 is 10.2 Å². The Bertz CT molecular complexity index is 686. The fourth-order valence-electron chi connectivity index (χ4n) is 3.35. The van der Waals surface area contributed by atoms with Crippen LogP contribution >= 0.6 is 0 Å². The van der Waals surface area contributed by atoms with Crippen LogP contribution in [0.1, 0.15) is 41.7 Å². The van der Waals surface area contributed by atoms with Gasteiger partial charge in [-0.1, -0.05) is 11.6 Å². The molecule has 1 aliphatic heterocycles. The van der Waals surface area contributed by atoms with Gasteiger partial charge in [0.05, 0.1) is 12.1 Å². The summed E-state index contributed by atoms with van der Waals surface area (Å²) >= 11 is 0. The lowest BCUT2D eigenvalue weighted by Gasteiger charge is -2.32. The van der Waals surface area contributed by atoms with Crippen molar-refractivity contribution in [2.45, 2.75) is 38.3 Å². The Kier molecular flexibility index (Phi) is 6.22. The Hall–Kier alpha value is -2.41. The Morgan fingerprint density at radius 3 is 2.96 bits per heavy atom. The van der Waals surface area contributed by atoms with Crippen LogP contribution in [0.15, 0.2) is 35.2 Å². The third-order valence-electron chi connectivity index (χ3n) is 4.98. The molecule has 0 saturated carbocycles. The van der Waals surface area contributed by atoms with Crippen molar-refractivity contribution in [3.05, 3.63) is 41.9 Å². The molecule has 1 saturated heterocycles. The van der Waals surface area contributed by atoms with Crippen LogP contribution in [-0.4, -0.2) is 54.2 Å². The molecule has 1 amide bonds. The van der Waals surface area contributed by atoms with Gasteiger partial charge in [-0.25, -0.2) is 4.98 Å². The number of hydrogen-bond donors (Lipinski definition) is 1. The summed E-state index contributed by atoms with van der Waals surface area (Å²) in [6.45, 7) is 2.46. The monoisotopic (exact) mass is 357 g/mol. The van der Waals surface area contributed by atoms with E-state index >= 15 is 0 Å². The van der Waals surface area contributed by atoms with E-state index in [0.717, 1.165) is 24.5 Å².